The van der Waals surface area contributed by atoms with Crippen molar-refractivity contribution in [3.8, 4) is 11.8 Å². The van der Waals surface area contributed by atoms with Crippen molar-refractivity contribution in [2.24, 2.45) is 0 Å². The molecule has 1 unspecified atom stereocenters. The Kier molecular flexibility index (Phi) is 7.45. The number of nitriles is 1. The Morgan fingerprint density at radius 3 is 2.59 bits per heavy atom. The molecule has 3 heterocycles. The average Bonchev–Trinajstić information content (AvgIpc) is 3.23. The lowest BCUT2D eigenvalue weighted by Crippen LogP contribution is -2.45. The number of carboxylic acids is 1. The standard InChI is InChI=1S/C25H21F3N6O4S/c26-22(27)13-38-21-9-18-19(8-14(21)11-29)34(39-28)23(30-18)10-17-15-4-1-2-5-16(15)24(35)33(31-17)20(25(36)37)12-32-6-3-7-32/h1-2,4-5,8-9,20,22H,3,6-7,10,12-13H2,(H,36,37). The first kappa shape index (κ1) is 26.5. The molecule has 0 aliphatic carbocycles. The van der Waals surface area contributed by atoms with E-state index in [2.05, 4.69) is 10.1 Å². The van der Waals surface area contributed by atoms with E-state index in [0.29, 0.717) is 11.1 Å². The molecular weight excluding hydrogens is 537 g/mol. The molecule has 4 aromatic rings. The van der Waals surface area contributed by atoms with Crippen LogP contribution in [0.1, 0.15) is 29.5 Å². The molecule has 2 aromatic carbocycles. The number of carbonyl (C=O) groups is 1. The van der Waals surface area contributed by atoms with E-state index in [1.54, 1.807) is 24.3 Å². The highest BCUT2D eigenvalue weighted by Crippen LogP contribution is 2.31. The number of likely N-dealkylation sites (tertiary alicyclic amines) is 1. The van der Waals surface area contributed by atoms with E-state index in [9.17, 15) is 32.6 Å². The van der Waals surface area contributed by atoms with Crippen LogP contribution in [0.2, 0.25) is 0 Å². The maximum absolute atomic E-state index is 14.2. The van der Waals surface area contributed by atoms with E-state index in [4.69, 9.17) is 4.74 Å². The molecule has 1 aliphatic rings. The normalized spacial score (nSPS) is 14.4. The molecule has 202 valence electrons. The lowest BCUT2D eigenvalue weighted by molar-refractivity contribution is -0.142. The van der Waals surface area contributed by atoms with Crippen LogP contribution < -0.4 is 10.3 Å². The quantitative estimate of drug-likeness (QED) is 0.311. The molecule has 10 nitrogen and oxygen atoms in total. The van der Waals surface area contributed by atoms with Gasteiger partial charge in [-0.2, -0.15) is 10.4 Å². The summed E-state index contributed by atoms with van der Waals surface area (Å²) < 4.78 is 46.7. The van der Waals surface area contributed by atoms with E-state index in [-0.39, 0.29) is 58.9 Å². The van der Waals surface area contributed by atoms with E-state index >= 15 is 0 Å². The lowest BCUT2D eigenvalue weighted by Gasteiger charge is -2.33. The van der Waals surface area contributed by atoms with Crippen molar-refractivity contribution in [3.63, 3.8) is 0 Å². The predicted octanol–water partition coefficient (Wildman–Crippen LogP) is 3.56. The van der Waals surface area contributed by atoms with Crippen LogP contribution in [0.25, 0.3) is 21.8 Å². The van der Waals surface area contributed by atoms with Crippen molar-refractivity contribution in [1.29, 1.82) is 5.26 Å². The monoisotopic (exact) mass is 558 g/mol. The van der Waals surface area contributed by atoms with Crippen LogP contribution >= 0.6 is 12.3 Å². The number of hydrogen-bond donors (Lipinski definition) is 1. The Morgan fingerprint density at radius 2 is 1.97 bits per heavy atom. The third kappa shape index (κ3) is 5.15. The molecule has 0 amide bonds. The average molecular weight is 559 g/mol. The number of benzene rings is 2. The van der Waals surface area contributed by atoms with E-state index < -0.39 is 30.6 Å². The van der Waals surface area contributed by atoms with Crippen molar-refractivity contribution >= 4 is 40.1 Å². The van der Waals surface area contributed by atoms with Gasteiger partial charge in [-0.1, -0.05) is 18.2 Å². The van der Waals surface area contributed by atoms with Crippen LogP contribution in [0.15, 0.2) is 41.2 Å². The summed E-state index contributed by atoms with van der Waals surface area (Å²) in [6.07, 6.45) is -1.91. The first-order valence-electron chi connectivity index (χ1n) is 11.9. The Bertz CT molecular complexity index is 1660. The second-order valence-electron chi connectivity index (χ2n) is 8.97. The molecule has 0 saturated carbocycles. The van der Waals surface area contributed by atoms with Crippen LogP contribution in [0.3, 0.4) is 0 Å². The number of fused-ring (bicyclic) bond motifs is 2. The van der Waals surface area contributed by atoms with Crippen LogP contribution in [0.4, 0.5) is 12.7 Å². The molecular formula is C25H21F3N6O4S. The second-order valence-corrected chi connectivity index (χ2v) is 9.47. The number of ether oxygens (including phenoxy) is 1. The van der Waals surface area contributed by atoms with E-state index in [1.807, 2.05) is 11.0 Å². The summed E-state index contributed by atoms with van der Waals surface area (Å²) in [7, 11) is 0. The zero-order chi connectivity index (χ0) is 27.7. The summed E-state index contributed by atoms with van der Waals surface area (Å²) in [4.78, 5) is 31.8. The summed E-state index contributed by atoms with van der Waals surface area (Å²) in [5.41, 5.74) is 0.0577. The van der Waals surface area contributed by atoms with Crippen molar-refractivity contribution in [1.82, 2.24) is 23.6 Å². The third-order valence-electron chi connectivity index (χ3n) is 6.52. The number of imidazole rings is 1. The minimum atomic E-state index is -2.76. The van der Waals surface area contributed by atoms with Crippen LogP contribution in [0.5, 0.6) is 5.75 Å². The molecule has 39 heavy (non-hydrogen) atoms. The fourth-order valence-corrected chi connectivity index (χ4v) is 4.92. The fourth-order valence-electron chi connectivity index (χ4n) is 4.52. The predicted molar refractivity (Wildman–Crippen MR) is 137 cm³/mol. The van der Waals surface area contributed by atoms with Gasteiger partial charge in [-0.05, 0) is 31.6 Å². The van der Waals surface area contributed by atoms with Gasteiger partial charge in [0.25, 0.3) is 12.0 Å². The smallest absolute Gasteiger partial charge is 0.330 e. The number of aliphatic carboxylic acids is 1. The minimum Gasteiger partial charge on any atom is -0.486 e. The summed E-state index contributed by atoms with van der Waals surface area (Å²) in [6.45, 7) is 0.636. The summed E-state index contributed by atoms with van der Waals surface area (Å²) >= 11 is -0.176. The first-order valence-corrected chi connectivity index (χ1v) is 12.6. The Morgan fingerprint density at radius 1 is 1.23 bits per heavy atom. The lowest BCUT2D eigenvalue weighted by atomic mass is 10.1. The maximum atomic E-state index is 14.2. The minimum absolute atomic E-state index is 0.0719. The third-order valence-corrected chi connectivity index (χ3v) is 7.07. The Balaban J connectivity index is 1.62. The Hall–Kier alpha value is -4.09. The number of nitrogens with zero attached hydrogens (tertiary/aromatic N) is 6. The molecule has 5 rings (SSSR count). The molecule has 14 heteroatoms. The first-order chi connectivity index (χ1) is 18.8. The molecule has 1 fully saturated rings. The van der Waals surface area contributed by atoms with Gasteiger partial charge in [0.2, 0.25) is 0 Å². The van der Waals surface area contributed by atoms with Gasteiger partial charge in [-0.25, -0.2) is 27.2 Å². The number of alkyl halides is 2. The molecule has 1 saturated heterocycles. The van der Waals surface area contributed by atoms with Crippen molar-refractivity contribution in [3.05, 3.63) is 63.8 Å². The number of hydrogen-bond acceptors (Lipinski definition) is 8. The number of carboxylic acid groups (broad SMARTS) is 1. The van der Waals surface area contributed by atoms with Gasteiger partial charge in [0.1, 0.15) is 24.3 Å². The highest BCUT2D eigenvalue weighted by atomic mass is 32.2. The van der Waals surface area contributed by atoms with Crippen molar-refractivity contribution in [2.75, 3.05) is 26.2 Å². The second kappa shape index (κ2) is 11.0. The number of aromatic nitrogens is 4. The van der Waals surface area contributed by atoms with E-state index in [1.165, 1.54) is 12.1 Å². The van der Waals surface area contributed by atoms with Crippen LogP contribution in [0, 0.1) is 11.3 Å². The zero-order valence-electron chi connectivity index (χ0n) is 20.3. The van der Waals surface area contributed by atoms with Crippen LogP contribution in [-0.4, -0.2) is 67.4 Å². The molecule has 1 aliphatic heterocycles. The molecule has 0 bridgehead atoms. The summed E-state index contributed by atoms with van der Waals surface area (Å²) in [5.74, 6) is -1.17. The van der Waals surface area contributed by atoms with Gasteiger partial charge < -0.3 is 14.7 Å². The highest BCUT2D eigenvalue weighted by Gasteiger charge is 2.29. The van der Waals surface area contributed by atoms with Gasteiger partial charge in [0, 0.05) is 18.0 Å². The number of rotatable bonds is 10. The molecule has 0 radical (unpaired) electrons. The highest BCUT2D eigenvalue weighted by molar-refractivity contribution is 7.92. The maximum Gasteiger partial charge on any atom is 0.330 e. The number of halogens is 3. The molecule has 2 aromatic heterocycles. The van der Waals surface area contributed by atoms with Gasteiger partial charge in [0.05, 0.1) is 34.1 Å². The largest absolute Gasteiger partial charge is 0.486 e. The SMILES string of the molecule is N#Cc1cc2c(cc1OCC(F)F)nc(Cc1nn(C(CN3CCC3)C(=O)O)c(=O)c3ccccc13)n2SF. The van der Waals surface area contributed by atoms with Gasteiger partial charge in [-0.15, -0.1) is 3.89 Å². The molecule has 1 atom stereocenters. The summed E-state index contributed by atoms with van der Waals surface area (Å²) in [6, 6.07) is 9.78. The Labute approximate surface area is 223 Å². The fraction of sp³-hybridized carbons (Fsp3) is 0.320. The summed E-state index contributed by atoms with van der Waals surface area (Å²) in [5, 5.41) is 24.5. The topological polar surface area (TPSA) is 126 Å². The van der Waals surface area contributed by atoms with Gasteiger partial charge in [-0.3, -0.25) is 4.79 Å². The van der Waals surface area contributed by atoms with Crippen molar-refractivity contribution in [2.45, 2.75) is 25.3 Å². The zero-order valence-corrected chi connectivity index (χ0v) is 21.1. The molecule has 1 N–H and O–H groups in total. The van der Waals surface area contributed by atoms with Crippen molar-refractivity contribution < 1.29 is 27.3 Å². The van der Waals surface area contributed by atoms with E-state index in [0.717, 1.165) is 28.2 Å². The molecule has 0 spiro atoms. The van der Waals surface area contributed by atoms with Crippen LogP contribution in [-0.2, 0) is 11.2 Å². The van der Waals surface area contributed by atoms with Gasteiger partial charge >= 0.3 is 5.97 Å². The van der Waals surface area contributed by atoms with Gasteiger partial charge in [0.15, 0.2) is 18.4 Å².